The molecule has 0 aliphatic carbocycles. The van der Waals surface area contributed by atoms with E-state index in [9.17, 15) is 9.59 Å². The molecular weight excluding hydrogens is 256 g/mol. The smallest absolute Gasteiger partial charge is 0.246 e. The van der Waals surface area contributed by atoms with E-state index < -0.39 is 0 Å². The average molecular weight is 278 g/mol. The lowest BCUT2D eigenvalue weighted by atomic mass is 10.1. The Kier molecular flexibility index (Phi) is 4.95. The highest BCUT2D eigenvalue weighted by Crippen LogP contribution is 2.15. The van der Waals surface area contributed by atoms with Gasteiger partial charge in [-0.25, -0.2) is 0 Å². The minimum Gasteiger partial charge on any atom is -0.469 e. The highest BCUT2D eigenvalue weighted by molar-refractivity contribution is 6.05. The summed E-state index contributed by atoms with van der Waals surface area (Å²) in [5, 5.41) is 3.26. The van der Waals surface area contributed by atoms with Crippen molar-refractivity contribution in [1.29, 1.82) is 0 Å². The van der Waals surface area contributed by atoms with Crippen molar-refractivity contribution < 1.29 is 14.0 Å². The van der Waals surface area contributed by atoms with E-state index in [1.807, 2.05) is 26.0 Å². The van der Waals surface area contributed by atoms with E-state index >= 15 is 0 Å². The summed E-state index contributed by atoms with van der Waals surface area (Å²) in [5.41, 5.74) is 0. The fourth-order valence-electron chi connectivity index (χ4n) is 2.51. The number of hydrogen-bond donors (Lipinski definition) is 1. The Hall–Kier alpha value is -1.62. The molecule has 0 bridgehead atoms. The van der Waals surface area contributed by atoms with Crippen LogP contribution in [0.3, 0.4) is 0 Å². The molecule has 0 saturated carbocycles. The van der Waals surface area contributed by atoms with Crippen LogP contribution in [0.2, 0.25) is 0 Å². The van der Waals surface area contributed by atoms with Gasteiger partial charge >= 0.3 is 0 Å². The molecule has 2 amide bonds. The molecule has 1 fully saturated rings. The third-order valence-electron chi connectivity index (χ3n) is 3.58. The Morgan fingerprint density at radius 3 is 2.95 bits per heavy atom. The maximum absolute atomic E-state index is 12.1. The molecule has 1 aliphatic rings. The highest BCUT2D eigenvalue weighted by Gasteiger charge is 2.38. The topological polar surface area (TPSA) is 62.6 Å². The lowest BCUT2D eigenvalue weighted by Gasteiger charge is -2.18. The highest BCUT2D eigenvalue weighted by atomic mass is 16.3. The van der Waals surface area contributed by atoms with Crippen LogP contribution in [0, 0.1) is 0 Å². The Labute approximate surface area is 119 Å². The van der Waals surface area contributed by atoms with E-state index in [1.165, 1.54) is 4.90 Å². The van der Waals surface area contributed by atoms with Crippen LogP contribution in [0.15, 0.2) is 22.8 Å². The Balaban J connectivity index is 1.81. The van der Waals surface area contributed by atoms with Crippen molar-refractivity contribution in [1.82, 2.24) is 10.2 Å². The zero-order valence-corrected chi connectivity index (χ0v) is 12.1. The first-order chi connectivity index (χ1) is 9.61. The van der Waals surface area contributed by atoms with E-state index in [1.54, 1.807) is 6.26 Å². The van der Waals surface area contributed by atoms with Gasteiger partial charge in [-0.1, -0.05) is 6.92 Å². The molecule has 5 nitrogen and oxygen atoms in total. The van der Waals surface area contributed by atoms with Crippen LogP contribution < -0.4 is 5.32 Å². The summed E-state index contributed by atoms with van der Waals surface area (Å²) < 4.78 is 5.28. The molecule has 2 unspecified atom stereocenters. The molecule has 1 aromatic heterocycles. The number of hydrogen-bond acceptors (Lipinski definition) is 4. The molecule has 0 aromatic carbocycles. The lowest BCUT2D eigenvalue weighted by molar-refractivity contribution is -0.138. The SMILES string of the molecule is CCCN1C(=O)CC(NC(C)CCc2ccco2)C1=O. The normalized spacial score (nSPS) is 20.7. The second-order valence-electron chi connectivity index (χ2n) is 5.33. The lowest BCUT2D eigenvalue weighted by Crippen LogP contribution is -2.43. The van der Waals surface area contributed by atoms with Crippen molar-refractivity contribution in [2.75, 3.05) is 6.54 Å². The standard InChI is InChI=1S/C15H22N2O3/c1-3-8-17-14(18)10-13(15(17)19)16-11(2)6-7-12-5-4-9-20-12/h4-5,9,11,13,16H,3,6-8,10H2,1-2H3. The van der Waals surface area contributed by atoms with E-state index in [0.29, 0.717) is 6.54 Å². The van der Waals surface area contributed by atoms with Crippen LogP contribution in [0.4, 0.5) is 0 Å². The number of carbonyl (C=O) groups excluding carboxylic acids is 2. The summed E-state index contributed by atoms with van der Waals surface area (Å²) in [6.07, 6.45) is 4.45. The molecule has 1 aliphatic heterocycles. The predicted octanol–water partition coefficient (Wildman–Crippen LogP) is 1.73. The summed E-state index contributed by atoms with van der Waals surface area (Å²) >= 11 is 0. The largest absolute Gasteiger partial charge is 0.469 e. The fraction of sp³-hybridized carbons (Fsp3) is 0.600. The molecule has 0 spiro atoms. The summed E-state index contributed by atoms with van der Waals surface area (Å²) in [7, 11) is 0. The minimum absolute atomic E-state index is 0.0624. The molecule has 1 N–H and O–H groups in total. The second kappa shape index (κ2) is 6.70. The van der Waals surface area contributed by atoms with Gasteiger partial charge in [0.05, 0.1) is 18.7 Å². The Morgan fingerprint density at radius 1 is 1.50 bits per heavy atom. The van der Waals surface area contributed by atoms with Crippen LogP contribution in [-0.4, -0.2) is 35.3 Å². The monoisotopic (exact) mass is 278 g/mol. The maximum atomic E-state index is 12.1. The Morgan fingerprint density at radius 2 is 2.30 bits per heavy atom. The van der Waals surface area contributed by atoms with Gasteiger partial charge in [0, 0.05) is 19.0 Å². The molecule has 2 rings (SSSR count). The van der Waals surface area contributed by atoms with Gasteiger partial charge < -0.3 is 9.73 Å². The Bertz CT molecular complexity index is 456. The van der Waals surface area contributed by atoms with Crippen molar-refractivity contribution in [3.05, 3.63) is 24.2 Å². The van der Waals surface area contributed by atoms with Crippen molar-refractivity contribution in [2.45, 2.75) is 51.6 Å². The molecule has 110 valence electrons. The molecule has 5 heteroatoms. The number of furan rings is 1. The van der Waals surface area contributed by atoms with Crippen molar-refractivity contribution in [3.8, 4) is 0 Å². The van der Waals surface area contributed by atoms with Gasteiger partial charge in [-0.3, -0.25) is 14.5 Å². The number of rotatable bonds is 7. The second-order valence-corrected chi connectivity index (χ2v) is 5.33. The molecule has 1 saturated heterocycles. The quantitative estimate of drug-likeness (QED) is 0.772. The molecule has 2 atom stereocenters. The van der Waals surface area contributed by atoms with Gasteiger partial charge in [0.25, 0.3) is 0 Å². The number of nitrogens with zero attached hydrogens (tertiary/aromatic N) is 1. The predicted molar refractivity (Wildman–Crippen MR) is 75.0 cm³/mol. The number of nitrogens with one attached hydrogen (secondary N) is 1. The summed E-state index contributed by atoms with van der Waals surface area (Å²) in [4.78, 5) is 25.2. The van der Waals surface area contributed by atoms with Crippen molar-refractivity contribution >= 4 is 11.8 Å². The van der Waals surface area contributed by atoms with Crippen LogP contribution in [0.1, 0.15) is 38.9 Å². The number of likely N-dealkylation sites (tertiary alicyclic amines) is 1. The van der Waals surface area contributed by atoms with Gasteiger partial charge in [-0.15, -0.1) is 0 Å². The summed E-state index contributed by atoms with van der Waals surface area (Å²) in [6, 6.07) is 3.62. The maximum Gasteiger partial charge on any atom is 0.246 e. The first kappa shape index (κ1) is 14.8. The van der Waals surface area contributed by atoms with Crippen molar-refractivity contribution in [2.24, 2.45) is 0 Å². The van der Waals surface area contributed by atoms with Gasteiger partial charge in [-0.05, 0) is 31.9 Å². The minimum atomic E-state index is -0.361. The first-order valence-electron chi connectivity index (χ1n) is 7.24. The summed E-state index contributed by atoms with van der Waals surface area (Å²) in [6.45, 7) is 4.52. The van der Waals surface area contributed by atoms with Gasteiger partial charge in [0.2, 0.25) is 11.8 Å². The van der Waals surface area contributed by atoms with Gasteiger partial charge in [0.15, 0.2) is 0 Å². The van der Waals surface area contributed by atoms with E-state index in [-0.39, 0.29) is 30.3 Å². The average Bonchev–Trinajstić information content (AvgIpc) is 3.01. The van der Waals surface area contributed by atoms with E-state index in [2.05, 4.69) is 5.32 Å². The number of aryl methyl sites for hydroxylation is 1. The van der Waals surface area contributed by atoms with Crippen LogP contribution >= 0.6 is 0 Å². The van der Waals surface area contributed by atoms with Crippen LogP contribution in [-0.2, 0) is 16.0 Å². The molecule has 2 heterocycles. The third kappa shape index (κ3) is 3.48. The number of imide groups is 1. The van der Waals surface area contributed by atoms with Gasteiger partial charge in [0.1, 0.15) is 5.76 Å². The van der Waals surface area contributed by atoms with Crippen LogP contribution in [0.5, 0.6) is 0 Å². The number of amides is 2. The molecule has 0 radical (unpaired) electrons. The van der Waals surface area contributed by atoms with Gasteiger partial charge in [-0.2, -0.15) is 0 Å². The van der Waals surface area contributed by atoms with Crippen molar-refractivity contribution in [3.63, 3.8) is 0 Å². The summed E-state index contributed by atoms with van der Waals surface area (Å²) in [5.74, 6) is 0.800. The molecular formula is C15H22N2O3. The first-order valence-corrected chi connectivity index (χ1v) is 7.24. The van der Waals surface area contributed by atoms with E-state index in [0.717, 1.165) is 25.0 Å². The third-order valence-corrected chi connectivity index (χ3v) is 3.58. The number of carbonyl (C=O) groups is 2. The van der Waals surface area contributed by atoms with Crippen LogP contribution in [0.25, 0.3) is 0 Å². The fourth-order valence-corrected chi connectivity index (χ4v) is 2.51. The zero-order valence-electron chi connectivity index (χ0n) is 12.1. The zero-order chi connectivity index (χ0) is 14.5. The molecule has 1 aromatic rings. The molecule has 20 heavy (non-hydrogen) atoms. The van der Waals surface area contributed by atoms with E-state index in [4.69, 9.17) is 4.42 Å².